The number of likely N-dealkylation sites (tertiary alicyclic amines) is 1. The normalized spacial score (nSPS) is 25.1. The fourth-order valence-electron chi connectivity index (χ4n) is 1.94. The van der Waals surface area contributed by atoms with E-state index in [1.54, 1.807) is 6.92 Å². The van der Waals surface area contributed by atoms with Gasteiger partial charge in [-0.15, -0.1) is 0 Å². The molecular formula is C10H19NO3. The third-order valence-electron chi connectivity index (χ3n) is 2.79. The molecule has 1 saturated heterocycles. The molecule has 0 spiro atoms. The molecule has 82 valence electrons. The van der Waals surface area contributed by atoms with Crippen LogP contribution < -0.4 is 0 Å². The van der Waals surface area contributed by atoms with E-state index in [-0.39, 0.29) is 6.04 Å². The highest BCUT2D eigenvalue weighted by atomic mass is 16.5. The Balaban J connectivity index is 2.46. The van der Waals surface area contributed by atoms with Crippen molar-refractivity contribution in [1.82, 2.24) is 4.90 Å². The Bertz CT molecular complexity index is 196. The molecule has 4 heteroatoms. The number of carbonyl (C=O) groups is 1. The minimum absolute atomic E-state index is 0.293. The number of rotatable bonds is 5. The molecule has 1 fully saturated rings. The zero-order valence-electron chi connectivity index (χ0n) is 8.90. The summed E-state index contributed by atoms with van der Waals surface area (Å²) in [5.74, 6) is -0.742. The average molecular weight is 201 g/mol. The van der Waals surface area contributed by atoms with Gasteiger partial charge in [-0.25, -0.2) is 0 Å². The largest absolute Gasteiger partial charge is 0.480 e. The monoisotopic (exact) mass is 201 g/mol. The van der Waals surface area contributed by atoms with E-state index in [0.717, 1.165) is 19.4 Å². The molecule has 1 rings (SSSR count). The number of ether oxygens (including phenoxy) is 1. The Hall–Kier alpha value is -0.610. The van der Waals surface area contributed by atoms with E-state index in [1.165, 1.54) is 0 Å². The summed E-state index contributed by atoms with van der Waals surface area (Å²) < 4.78 is 5.34. The molecule has 0 bridgehead atoms. The lowest BCUT2D eigenvalue weighted by atomic mass is 10.2. The van der Waals surface area contributed by atoms with E-state index < -0.39 is 5.97 Å². The van der Waals surface area contributed by atoms with E-state index >= 15 is 0 Å². The van der Waals surface area contributed by atoms with Gasteiger partial charge in [0.15, 0.2) is 0 Å². The summed E-state index contributed by atoms with van der Waals surface area (Å²) in [6.45, 7) is 5.94. The first kappa shape index (κ1) is 11.5. The predicted octanol–water partition coefficient (Wildman–Crippen LogP) is 0.960. The van der Waals surface area contributed by atoms with Crippen LogP contribution in [0.1, 0.15) is 26.7 Å². The van der Waals surface area contributed by atoms with Crippen LogP contribution in [0, 0.1) is 0 Å². The van der Waals surface area contributed by atoms with Crippen LogP contribution in [0.2, 0.25) is 0 Å². The van der Waals surface area contributed by atoms with Gasteiger partial charge in [0.25, 0.3) is 0 Å². The molecule has 1 aliphatic rings. The summed E-state index contributed by atoms with van der Waals surface area (Å²) in [6, 6.07) is -0.0935. The van der Waals surface area contributed by atoms with Crippen LogP contribution in [0.4, 0.5) is 0 Å². The lowest BCUT2D eigenvalue weighted by Gasteiger charge is -2.27. The Morgan fingerprint density at radius 1 is 1.71 bits per heavy atom. The summed E-state index contributed by atoms with van der Waals surface area (Å²) in [5, 5.41) is 8.90. The number of hydrogen-bond acceptors (Lipinski definition) is 3. The van der Waals surface area contributed by atoms with Crippen LogP contribution in [-0.4, -0.2) is 47.8 Å². The fraction of sp³-hybridized carbons (Fsp3) is 0.900. The summed E-state index contributed by atoms with van der Waals surface area (Å²) in [7, 11) is 0. The Morgan fingerprint density at radius 3 is 3.00 bits per heavy atom. The van der Waals surface area contributed by atoms with Crippen molar-refractivity contribution in [3.05, 3.63) is 0 Å². The van der Waals surface area contributed by atoms with Crippen LogP contribution in [0.5, 0.6) is 0 Å². The van der Waals surface area contributed by atoms with Gasteiger partial charge in [0.05, 0.1) is 6.61 Å². The van der Waals surface area contributed by atoms with Crippen molar-refractivity contribution in [1.29, 1.82) is 0 Å². The van der Waals surface area contributed by atoms with Gasteiger partial charge in [0.1, 0.15) is 6.04 Å². The standard InChI is InChI=1S/C10H19NO3/c1-3-14-7-9-5-4-6-11(9)8(2)10(12)13/h8-9H,3-7H2,1-2H3,(H,12,13)/t8-,9+/m0/s1. The zero-order chi connectivity index (χ0) is 10.6. The third kappa shape index (κ3) is 2.69. The molecule has 0 aromatic heterocycles. The number of aliphatic carboxylic acids is 1. The van der Waals surface area contributed by atoms with Crippen molar-refractivity contribution >= 4 is 5.97 Å². The van der Waals surface area contributed by atoms with Crippen LogP contribution in [0.15, 0.2) is 0 Å². The maximum absolute atomic E-state index is 10.8. The quantitative estimate of drug-likeness (QED) is 0.719. The number of nitrogens with zero attached hydrogens (tertiary/aromatic N) is 1. The smallest absolute Gasteiger partial charge is 0.320 e. The molecule has 0 saturated carbocycles. The minimum atomic E-state index is -0.742. The Morgan fingerprint density at radius 2 is 2.43 bits per heavy atom. The number of carboxylic acid groups (broad SMARTS) is 1. The van der Waals surface area contributed by atoms with Gasteiger partial charge in [-0.2, -0.15) is 0 Å². The van der Waals surface area contributed by atoms with Crippen molar-refractivity contribution in [3.8, 4) is 0 Å². The molecule has 14 heavy (non-hydrogen) atoms. The van der Waals surface area contributed by atoms with Crippen molar-refractivity contribution in [2.24, 2.45) is 0 Å². The summed E-state index contributed by atoms with van der Waals surface area (Å²) in [5.41, 5.74) is 0. The van der Waals surface area contributed by atoms with Gasteiger partial charge in [-0.3, -0.25) is 9.69 Å². The van der Waals surface area contributed by atoms with Crippen molar-refractivity contribution in [2.75, 3.05) is 19.8 Å². The zero-order valence-corrected chi connectivity index (χ0v) is 8.90. The molecule has 0 aliphatic carbocycles. The lowest BCUT2D eigenvalue weighted by molar-refractivity contribution is -0.143. The Kier molecular flexibility index (Phi) is 4.35. The molecule has 0 aromatic carbocycles. The molecule has 0 radical (unpaired) electrons. The van der Waals surface area contributed by atoms with E-state index in [0.29, 0.717) is 19.3 Å². The second-order valence-corrected chi connectivity index (χ2v) is 3.71. The SMILES string of the molecule is CCOC[C@H]1CCCN1[C@@H](C)C(=O)O. The summed E-state index contributed by atoms with van der Waals surface area (Å²) >= 11 is 0. The van der Waals surface area contributed by atoms with Crippen LogP contribution in [-0.2, 0) is 9.53 Å². The maximum Gasteiger partial charge on any atom is 0.320 e. The van der Waals surface area contributed by atoms with Gasteiger partial charge < -0.3 is 9.84 Å². The van der Waals surface area contributed by atoms with Crippen molar-refractivity contribution in [3.63, 3.8) is 0 Å². The molecular weight excluding hydrogens is 182 g/mol. The molecule has 0 aromatic rings. The number of carboxylic acids is 1. The van der Waals surface area contributed by atoms with Gasteiger partial charge in [-0.1, -0.05) is 0 Å². The van der Waals surface area contributed by atoms with Gasteiger partial charge in [0.2, 0.25) is 0 Å². The van der Waals surface area contributed by atoms with Crippen LogP contribution >= 0.6 is 0 Å². The van der Waals surface area contributed by atoms with E-state index in [4.69, 9.17) is 9.84 Å². The third-order valence-corrected chi connectivity index (χ3v) is 2.79. The minimum Gasteiger partial charge on any atom is -0.480 e. The van der Waals surface area contributed by atoms with Crippen LogP contribution in [0.25, 0.3) is 0 Å². The second kappa shape index (κ2) is 5.32. The molecule has 0 unspecified atom stereocenters. The molecule has 1 heterocycles. The van der Waals surface area contributed by atoms with Gasteiger partial charge >= 0.3 is 5.97 Å². The molecule has 1 N–H and O–H groups in total. The fourth-order valence-corrected chi connectivity index (χ4v) is 1.94. The number of hydrogen-bond donors (Lipinski definition) is 1. The van der Waals surface area contributed by atoms with Crippen LogP contribution in [0.3, 0.4) is 0 Å². The molecule has 0 amide bonds. The molecule has 4 nitrogen and oxygen atoms in total. The topological polar surface area (TPSA) is 49.8 Å². The first-order valence-corrected chi connectivity index (χ1v) is 5.23. The van der Waals surface area contributed by atoms with Crippen molar-refractivity contribution in [2.45, 2.75) is 38.8 Å². The summed E-state index contributed by atoms with van der Waals surface area (Å²) in [4.78, 5) is 12.8. The highest BCUT2D eigenvalue weighted by molar-refractivity contribution is 5.73. The lowest BCUT2D eigenvalue weighted by Crippen LogP contribution is -2.44. The van der Waals surface area contributed by atoms with E-state index in [9.17, 15) is 4.79 Å². The summed E-state index contributed by atoms with van der Waals surface area (Å²) in [6.07, 6.45) is 2.13. The van der Waals surface area contributed by atoms with Gasteiger partial charge in [-0.05, 0) is 33.2 Å². The highest BCUT2D eigenvalue weighted by Crippen LogP contribution is 2.20. The highest BCUT2D eigenvalue weighted by Gasteiger charge is 2.31. The van der Waals surface area contributed by atoms with E-state index in [1.807, 2.05) is 11.8 Å². The first-order valence-electron chi connectivity index (χ1n) is 5.23. The Labute approximate surface area is 84.8 Å². The van der Waals surface area contributed by atoms with E-state index in [2.05, 4.69) is 0 Å². The average Bonchev–Trinajstić information content (AvgIpc) is 2.61. The van der Waals surface area contributed by atoms with Gasteiger partial charge in [0, 0.05) is 12.6 Å². The first-order chi connectivity index (χ1) is 6.66. The molecule has 1 aliphatic heterocycles. The molecule has 2 atom stereocenters. The van der Waals surface area contributed by atoms with Crippen molar-refractivity contribution < 1.29 is 14.6 Å². The predicted molar refractivity (Wildman–Crippen MR) is 53.3 cm³/mol. The maximum atomic E-state index is 10.8. The second-order valence-electron chi connectivity index (χ2n) is 3.71.